The molecule has 1 aromatic heterocycles. The molecule has 1 aliphatic rings. The van der Waals surface area contributed by atoms with Gasteiger partial charge in [-0.3, -0.25) is 0 Å². The summed E-state index contributed by atoms with van der Waals surface area (Å²) < 4.78 is 1.34. The number of halogens is 1. The van der Waals surface area contributed by atoms with E-state index in [1.54, 1.807) is 0 Å². The molecule has 1 aliphatic carbocycles. The number of aromatic amines is 1. The number of nitrogens with one attached hydrogen (secondary N) is 1. The SMILES string of the molecule is BrC1=CCCCC1c1ccc[nH]1. The van der Waals surface area contributed by atoms with Crippen molar-refractivity contribution >= 4 is 15.9 Å². The summed E-state index contributed by atoms with van der Waals surface area (Å²) in [7, 11) is 0. The van der Waals surface area contributed by atoms with E-state index in [0.29, 0.717) is 5.92 Å². The minimum absolute atomic E-state index is 0.578. The second-order valence-corrected chi connectivity index (χ2v) is 4.11. The molecule has 1 N–H and O–H groups in total. The van der Waals surface area contributed by atoms with Gasteiger partial charge >= 0.3 is 0 Å². The number of hydrogen-bond donors (Lipinski definition) is 1. The molecule has 64 valence electrons. The molecule has 1 unspecified atom stereocenters. The summed E-state index contributed by atoms with van der Waals surface area (Å²) in [6.07, 6.45) is 8.06. The second-order valence-electron chi connectivity index (χ2n) is 3.20. The van der Waals surface area contributed by atoms with Gasteiger partial charge in [0.25, 0.3) is 0 Å². The minimum atomic E-state index is 0.578. The Morgan fingerprint density at radius 2 is 2.42 bits per heavy atom. The molecule has 1 heterocycles. The van der Waals surface area contributed by atoms with E-state index in [0.717, 1.165) is 0 Å². The molecular weight excluding hydrogens is 214 g/mol. The molecule has 0 amide bonds. The molecule has 1 nitrogen and oxygen atoms in total. The third-order valence-electron chi connectivity index (χ3n) is 2.37. The van der Waals surface area contributed by atoms with Crippen molar-refractivity contribution < 1.29 is 0 Å². The zero-order valence-electron chi connectivity index (χ0n) is 6.89. The third-order valence-corrected chi connectivity index (χ3v) is 3.24. The van der Waals surface area contributed by atoms with Crippen molar-refractivity contribution in [2.45, 2.75) is 25.2 Å². The lowest BCUT2D eigenvalue weighted by atomic mass is 9.93. The number of aromatic nitrogens is 1. The Kier molecular flexibility index (Phi) is 2.35. The zero-order chi connectivity index (χ0) is 8.39. The van der Waals surface area contributed by atoms with Crippen LogP contribution in [-0.4, -0.2) is 4.98 Å². The Morgan fingerprint density at radius 1 is 1.50 bits per heavy atom. The average molecular weight is 226 g/mol. The fourth-order valence-corrected chi connectivity index (χ4v) is 2.41. The van der Waals surface area contributed by atoms with E-state index in [4.69, 9.17) is 0 Å². The monoisotopic (exact) mass is 225 g/mol. The Morgan fingerprint density at radius 3 is 3.08 bits per heavy atom. The van der Waals surface area contributed by atoms with Crippen LogP contribution in [0, 0.1) is 0 Å². The van der Waals surface area contributed by atoms with E-state index in [2.05, 4.69) is 39.1 Å². The van der Waals surface area contributed by atoms with Crippen LogP contribution in [0.5, 0.6) is 0 Å². The highest BCUT2D eigenvalue weighted by atomic mass is 79.9. The van der Waals surface area contributed by atoms with Crippen LogP contribution in [0.4, 0.5) is 0 Å². The lowest BCUT2D eigenvalue weighted by Crippen LogP contribution is -2.03. The maximum atomic E-state index is 3.62. The second kappa shape index (κ2) is 3.48. The molecule has 1 aromatic rings. The Balaban J connectivity index is 2.23. The van der Waals surface area contributed by atoms with Gasteiger partial charge in [-0.05, 0) is 31.4 Å². The minimum Gasteiger partial charge on any atom is -0.364 e. The van der Waals surface area contributed by atoms with Crippen molar-refractivity contribution in [2.24, 2.45) is 0 Å². The summed E-state index contributed by atoms with van der Waals surface area (Å²) in [5, 5.41) is 0. The van der Waals surface area contributed by atoms with Gasteiger partial charge in [-0.1, -0.05) is 22.0 Å². The average Bonchev–Trinajstić information content (AvgIpc) is 2.57. The molecule has 0 radical (unpaired) electrons. The van der Waals surface area contributed by atoms with Gasteiger partial charge in [0.1, 0.15) is 0 Å². The van der Waals surface area contributed by atoms with Gasteiger partial charge in [-0.25, -0.2) is 0 Å². The number of allylic oxidation sites excluding steroid dienone is 2. The standard InChI is InChI=1S/C10H12BrN/c11-9-5-2-1-4-8(9)10-6-3-7-12-10/h3,5-8,12H,1-2,4H2. The van der Waals surface area contributed by atoms with E-state index >= 15 is 0 Å². The highest BCUT2D eigenvalue weighted by Crippen LogP contribution is 2.36. The van der Waals surface area contributed by atoms with Crippen LogP contribution in [0.15, 0.2) is 28.9 Å². The Labute approximate surface area is 81.0 Å². The van der Waals surface area contributed by atoms with Gasteiger partial charge in [-0.2, -0.15) is 0 Å². The maximum absolute atomic E-state index is 3.62. The van der Waals surface area contributed by atoms with Crippen LogP contribution < -0.4 is 0 Å². The normalized spacial score (nSPS) is 23.8. The summed E-state index contributed by atoms with van der Waals surface area (Å²) in [5.74, 6) is 0.578. The molecule has 12 heavy (non-hydrogen) atoms. The van der Waals surface area contributed by atoms with Crippen LogP contribution in [0.2, 0.25) is 0 Å². The Hall–Kier alpha value is -0.500. The van der Waals surface area contributed by atoms with Crippen molar-refractivity contribution in [3.63, 3.8) is 0 Å². The van der Waals surface area contributed by atoms with Crippen molar-refractivity contribution in [3.8, 4) is 0 Å². The lowest BCUT2D eigenvalue weighted by molar-refractivity contribution is 0.638. The fraction of sp³-hybridized carbons (Fsp3) is 0.400. The maximum Gasteiger partial charge on any atom is 0.0303 e. The molecule has 0 bridgehead atoms. The summed E-state index contributed by atoms with van der Waals surface area (Å²) in [4.78, 5) is 3.27. The molecule has 2 rings (SSSR count). The molecule has 0 aromatic carbocycles. The molecule has 0 aliphatic heterocycles. The number of hydrogen-bond acceptors (Lipinski definition) is 0. The molecule has 0 saturated carbocycles. The first-order chi connectivity index (χ1) is 5.88. The molecule has 1 atom stereocenters. The summed E-state index contributed by atoms with van der Waals surface area (Å²) >= 11 is 3.62. The van der Waals surface area contributed by atoms with E-state index in [1.807, 2.05) is 6.20 Å². The Bertz CT molecular complexity index is 274. The third kappa shape index (κ3) is 1.48. The molecule has 0 fully saturated rings. The van der Waals surface area contributed by atoms with Crippen molar-refractivity contribution in [1.82, 2.24) is 4.98 Å². The quantitative estimate of drug-likeness (QED) is 0.753. The molecular formula is C10H12BrN. The predicted octanol–water partition coefficient (Wildman–Crippen LogP) is 3.56. The van der Waals surface area contributed by atoms with E-state index in [-0.39, 0.29) is 0 Å². The fourth-order valence-electron chi connectivity index (χ4n) is 1.71. The molecule has 2 heteroatoms. The van der Waals surface area contributed by atoms with Gasteiger partial charge in [0.2, 0.25) is 0 Å². The van der Waals surface area contributed by atoms with Crippen molar-refractivity contribution in [2.75, 3.05) is 0 Å². The highest BCUT2D eigenvalue weighted by Gasteiger charge is 2.17. The van der Waals surface area contributed by atoms with E-state index < -0.39 is 0 Å². The van der Waals surface area contributed by atoms with Gasteiger partial charge in [0.15, 0.2) is 0 Å². The van der Waals surface area contributed by atoms with Crippen molar-refractivity contribution in [1.29, 1.82) is 0 Å². The van der Waals surface area contributed by atoms with Gasteiger partial charge in [-0.15, -0.1) is 0 Å². The summed E-state index contributed by atoms with van der Waals surface area (Å²) in [6.45, 7) is 0. The van der Waals surface area contributed by atoms with Crippen LogP contribution in [0.3, 0.4) is 0 Å². The van der Waals surface area contributed by atoms with Gasteiger partial charge < -0.3 is 4.98 Å². The topological polar surface area (TPSA) is 15.8 Å². The smallest absolute Gasteiger partial charge is 0.0303 e. The van der Waals surface area contributed by atoms with Crippen LogP contribution in [0.1, 0.15) is 30.9 Å². The number of H-pyrrole nitrogens is 1. The molecule has 0 saturated heterocycles. The van der Waals surface area contributed by atoms with Crippen LogP contribution in [-0.2, 0) is 0 Å². The van der Waals surface area contributed by atoms with Crippen LogP contribution >= 0.6 is 15.9 Å². The van der Waals surface area contributed by atoms with Crippen molar-refractivity contribution in [3.05, 3.63) is 34.6 Å². The van der Waals surface area contributed by atoms with Crippen LogP contribution in [0.25, 0.3) is 0 Å². The van der Waals surface area contributed by atoms with Gasteiger partial charge in [0, 0.05) is 22.3 Å². The first-order valence-electron chi connectivity index (χ1n) is 4.37. The number of rotatable bonds is 1. The first kappa shape index (κ1) is 8.11. The first-order valence-corrected chi connectivity index (χ1v) is 5.16. The van der Waals surface area contributed by atoms with E-state index in [9.17, 15) is 0 Å². The van der Waals surface area contributed by atoms with E-state index in [1.165, 1.54) is 29.4 Å². The molecule has 0 spiro atoms. The summed E-state index contributed by atoms with van der Waals surface area (Å²) in [6, 6.07) is 4.22. The summed E-state index contributed by atoms with van der Waals surface area (Å²) in [5.41, 5.74) is 1.33. The predicted molar refractivity (Wildman–Crippen MR) is 54.4 cm³/mol. The zero-order valence-corrected chi connectivity index (χ0v) is 8.47. The highest BCUT2D eigenvalue weighted by molar-refractivity contribution is 9.11. The lowest BCUT2D eigenvalue weighted by Gasteiger charge is -2.19. The largest absolute Gasteiger partial charge is 0.364 e. The van der Waals surface area contributed by atoms with Gasteiger partial charge in [0.05, 0.1) is 0 Å².